The topological polar surface area (TPSA) is 75.3 Å². The zero-order valence-corrected chi connectivity index (χ0v) is 11.7. The molecule has 3 rings (SSSR count). The molecule has 1 amide bonds. The Balaban J connectivity index is 1.64. The first-order valence-corrected chi connectivity index (χ1v) is 8.26. The third-order valence-electron chi connectivity index (χ3n) is 3.66. The minimum atomic E-state index is -3.14. The van der Waals surface area contributed by atoms with E-state index >= 15 is 0 Å². The largest absolute Gasteiger partial charge is 0.347 e. The van der Waals surface area contributed by atoms with Crippen LogP contribution in [0.3, 0.4) is 0 Å². The minimum absolute atomic E-state index is 0.0396. The quantitative estimate of drug-likeness (QED) is 0.812. The van der Waals surface area contributed by atoms with Crippen molar-refractivity contribution in [2.45, 2.75) is 25.0 Å². The van der Waals surface area contributed by atoms with Crippen LogP contribution in [-0.2, 0) is 27.6 Å². The Labute approximate surface area is 118 Å². The summed E-state index contributed by atoms with van der Waals surface area (Å²) < 4.78 is 22.6. The summed E-state index contributed by atoms with van der Waals surface area (Å²) in [5, 5.41) is 7.12. The highest BCUT2D eigenvalue weighted by Gasteiger charge is 2.28. The highest BCUT2D eigenvalue weighted by atomic mass is 32.2. The molecular formula is C14H16N2O3S. The number of carbonyl (C=O) groups excluding carboxylic acids is 1. The highest BCUT2D eigenvalue weighted by Crippen LogP contribution is 2.16. The minimum Gasteiger partial charge on any atom is -0.347 e. The van der Waals surface area contributed by atoms with Gasteiger partial charge in [0.15, 0.2) is 9.84 Å². The summed E-state index contributed by atoms with van der Waals surface area (Å²) in [5.74, 6) is -0.187. The van der Waals surface area contributed by atoms with Gasteiger partial charge in [-0.1, -0.05) is 24.3 Å². The van der Waals surface area contributed by atoms with Crippen molar-refractivity contribution < 1.29 is 13.2 Å². The lowest BCUT2D eigenvalue weighted by molar-refractivity contribution is -0.123. The van der Waals surface area contributed by atoms with Crippen LogP contribution in [0.25, 0.3) is 0 Å². The van der Waals surface area contributed by atoms with Crippen LogP contribution >= 0.6 is 0 Å². The number of fused-ring (bicyclic) bond motifs is 1. The Hall–Kier alpha value is -1.66. The molecule has 5 nitrogen and oxygen atoms in total. The second kappa shape index (κ2) is 5.03. The standard InChI is InChI=1S/C14H16N2O3S/c17-14(16-12-5-6-20(18,19)9-12)13-7-10-3-1-2-4-11(10)8-15-13/h1-6,12-13,15H,7-9H2,(H,16,17)/t12?,13-/m1/s1. The van der Waals surface area contributed by atoms with E-state index in [1.165, 1.54) is 22.6 Å². The molecule has 0 bridgehead atoms. The fourth-order valence-electron chi connectivity index (χ4n) is 2.59. The lowest BCUT2D eigenvalue weighted by Gasteiger charge is -2.26. The summed E-state index contributed by atoms with van der Waals surface area (Å²) in [6.07, 6.45) is 2.16. The number of nitrogens with one attached hydrogen (secondary N) is 2. The van der Waals surface area contributed by atoms with E-state index < -0.39 is 15.9 Å². The van der Waals surface area contributed by atoms with Gasteiger partial charge in [0.25, 0.3) is 0 Å². The first-order valence-electron chi connectivity index (χ1n) is 6.55. The van der Waals surface area contributed by atoms with E-state index in [9.17, 15) is 13.2 Å². The van der Waals surface area contributed by atoms with Gasteiger partial charge in [-0.2, -0.15) is 0 Å². The fraction of sp³-hybridized carbons (Fsp3) is 0.357. The van der Waals surface area contributed by atoms with Crippen LogP contribution in [0, 0.1) is 0 Å². The van der Waals surface area contributed by atoms with Crippen molar-refractivity contribution in [1.29, 1.82) is 0 Å². The van der Waals surface area contributed by atoms with Crippen LogP contribution in [0.5, 0.6) is 0 Å². The molecule has 6 heteroatoms. The number of sulfone groups is 1. The van der Waals surface area contributed by atoms with E-state index in [1.54, 1.807) is 0 Å². The normalized spacial score (nSPS) is 27.0. The monoisotopic (exact) mass is 292 g/mol. The Morgan fingerprint density at radius 2 is 2.00 bits per heavy atom. The summed E-state index contributed by atoms with van der Waals surface area (Å²) in [7, 11) is -3.14. The first-order chi connectivity index (χ1) is 9.53. The van der Waals surface area contributed by atoms with E-state index in [2.05, 4.69) is 10.6 Å². The fourth-order valence-corrected chi connectivity index (χ4v) is 3.82. The number of amides is 1. The zero-order chi connectivity index (χ0) is 14.2. The van der Waals surface area contributed by atoms with Gasteiger partial charge in [0.05, 0.1) is 17.8 Å². The molecule has 106 valence electrons. The Bertz CT molecular complexity index is 667. The molecule has 20 heavy (non-hydrogen) atoms. The molecule has 2 N–H and O–H groups in total. The Morgan fingerprint density at radius 1 is 1.25 bits per heavy atom. The number of hydrogen-bond donors (Lipinski definition) is 2. The molecular weight excluding hydrogens is 276 g/mol. The van der Waals surface area contributed by atoms with Crippen molar-refractivity contribution in [3.8, 4) is 0 Å². The molecule has 0 aromatic heterocycles. The van der Waals surface area contributed by atoms with Gasteiger partial charge in [0, 0.05) is 12.0 Å². The number of carbonyl (C=O) groups is 1. The molecule has 2 atom stereocenters. The van der Waals surface area contributed by atoms with Crippen LogP contribution in [0.4, 0.5) is 0 Å². The third-order valence-corrected chi connectivity index (χ3v) is 5.05. The van der Waals surface area contributed by atoms with Crippen molar-refractivity contribution in [1.82, 2.24) is 10.6 Å². The molecule has 1 aromatic carbocycles. The van der Waals surface area contributed by atoms with E-state index in [4.69, 9.17) is 0 Å². The van der Waals surface area contributed by atoms with E-state index in [0.29, 0.717) is 13.0 Å². The van der Waals surface area contributed by atoms with Gasteiger partial charge in [0.2, 0.25) is 5.91 Å². The van der Waals surface area contributed by atoms with E-state index in [-0.39, 0.29) is 17.7 Å². The van der Waals surface area contributed by atoms with Crippen molar-refractivity contribution in [2.75, 3.05) is 5.75 Å². The van der Waals surface area contributed by atoms with Crippen molar-refractivity contribution >= 4 is 15.7 Å². The Kier molecular flexibility index (Phi) is 3.35. The summed E-state index contributed by atoms with van der Waals surface area (Å²) in [4.78, 5) is 12.2. The summed E-state index contributed by atoms with van der Waals surface area (Å²) >= 11 is 0. The summed E-state index contributed by atoms with van der Waals surface area (Å²) in [6.45, 7) is 0.660. The summed E-state index contributed by atoms with van der Waals surface area (Å²) in [6, 6.07) is 7.30. The molecule has 0 saturated carbocycles. The lowest BCUT2D eigenvalue weighted by Crippen LogP contribution is -2.50. The van der Waals surface area contributed by atoms with E-state index in [0.717, 1.165) is 0 Å². The smallest absolute Gasteiger partial charge is 0.237 e. The molecule has 0 fully saturated rings. The van der Waals surface area contributed by atoms with Gasteiger partial charge in [-0.25, -0.2) is 8.42 Å². The SMILES string of the molecule is O=C(NC1C=CS(=O)(=O)C1)[C@H]1Cc2ccccc2CN1. The second-order valence-corrected chi connectivity index (χ2v) is 7.11. The average molecular weight is 292 g/mol. The second-order valence-electron chi connectivity index (χ2n) is 5.18. The van der Waals surface area contributed by atoms with E-state index in [1.807, 2.05) is 24.3 Å². The third kappa shape index (κ3) is 2.76. The van der Waals surface area contributed by atoms with Crippen molar-refractivity contribution in [2.24, 2.45) is 0 Å². The molecule has 1 unspecified atom stereocenters. The maximum absolute atomic E-state index is 12.2. The number of rotatable bonds is 2. The highest BCUT2D eigenvalue weighted by molar-refractivity contribution is 7.94. The Morgan fingerprint density at radius 3 is 2.70 bits per heavy atom. The zero-order valence-electron chi connectivity index (χ0n) is 10.9. The van der Waals surface area contributed by atoms with Crippen LogP contribution in [0.15, 0.2) is 35.7 Å². The molecule has 1 aromatic rings. The van der Waals surface area contributed by atoms with Crippen molar-refractivity contribution in [3.05, 3.63) is 46.9 Å². The van der Waals surface area contributed by atoms with Crippen LogP contribution in [0.2, 0.25) is 0 Å². The molecule has 2 aliphatic rings. The molecule has 0 aliphatic carbocycles. The van der Waals surface area contributed by atoms with Gasteiger partial charge in [-0.05, 0) is 23.6 Å². The van der Waals surface area contributed by atoms with Gasteiger partial charge in [0.1, 0.15) is 0 Å². The van der Waals surface area contributed by atoms with Gasteiger partial charge >= 0.3 is 0 Å². The first kappa shape index (κ1) is 13.3. The van der Waals surface area contributed by atoms with Gasteiger partial charge < -0.3 is 10.6 Å². The average Bonchev–Trinajstić information content (AvgIpc) is 2.77. The predicted molar refractivity (Wildman–Crippen MR) is 75.6 cm³/mol. The van der Waals surface area contributed by atoms with Crippen LogP contribution in [-0.4, -0.2) is 32.2 Å². The maximum Gasteiger partial charge on any atom is 0.237 e. The lowest BCUT2D eigenvalue weighted by atomic mass is 9.95. The van der Waals surface area contributed by atoms with Gasteiger partial charge in [-0.3, -0.25) is 4.79 Å². The molecule has 0 saturated heterocycles. The van der Waals surface area contributed by atoms with Crippen LogP contribution < -0.4 is 10.6 Å². The summed E-state index contributed by atoms with van der Waals surface area (Å²) in [5.41, 5.74) is 2.38. The van der Waals surface area contributed by atoms with Crippen LogP contribution in [0.1, 0.15) is 11.1 Å². The maximum atomic E-state index is 12.2. The van der Waals surface area contributed by atoms with Gasteiger partial charge in [-0.15, -0.1) is 0 Å². The molecule has 0 radical (unpaired) electrons. The number of hydrogen-bond acceptors (Lipinski definition) is 4. The number of benzene rings is 1. The molecule has 2 heterocycles. The predicted octanol–water partition coefficient (Wildman–Crippen LogP) is 0.128. The van der Waals surface area contributed by atoms with Crippen molar-refractivity contribution in [3.63, 3.8) is 0 Å². The molecule has 2 aliphatic heterocycles. The molecule has 0 spiro atoms.